The Morgan fingerprint density at radius 2 is 1.79 bits per heavy atom. The van der Waals surface area contributed by atoms with Crippen molar-refractivity contribution in [2.24, 2.45) is 5.92 Å². The number of alkyl halides is 6. The second-order valence-corrected chi connectivity index (χ2v) is 8.91. The molecule has 3 aromatic heterocycles. The molecule has 180 valence electrons. The molecule has 0 fully saturated rings. The molecule has 13 heteroatoms. The third kappa shape index (κ3) is 5.28. The Balaban J connectivity index is 2.13. The number of halogens is 6. The number of Topliss-reactive ketones (excluding diaryl/α,β-unsaturated/α-hetero) is 1. The smallest absolute Gasteiger partial charge is 0.292 e. The lowest BCUT2D eigenvalue weighted by Gasteiger charge is -2.09. The van der Waals surface area contributed by atoms with E-state index in [1.807, 2.05) is 0 Å². The number of nitrogens with zero attached hydrogens (tertiary/aromatic N) is 4. The Morgan fingerprint density at radius 1 is 1.12 bits per heavy atom. The van der Waals surface area contributed by atoms with E-state index < -0.39 is 40.0 Å². The minimum absolute atomic E-state index is 0.00127. The van der Waals surface area contributed by atoms with Crippen LogP contribution in [0.25, 0.3) is 4.96 Å². The van der Waals surface area contributed by atoms with Crippen LogP contribution < -0.4 is 5.56 Å². The van der Waals surface area contributed by atoms with Crippen LogP contribution in [-0.2, 0) is 25.3 Å². The van der Waals surface area contributed by atoms with Gasteiger partial charge in [0.2, 0.25) is 0 Å². The minimum atomic E-state index is -4.88. The lowest BCUT2D eigenvalue weighted by Crippen LogP contribution is -2.22. The fraction of sp³-hybridized carbons (Fsp3) is 0.500. The molecular formula is C20H20F6N4O2S. The number of carbonyl (C=O) groups excluding carboxylic acids is 1. The predicted octanol–water partition coefficient (Wildman–Crippen LogP) is 5.22. The monoisotopic (exact) mass is 494 g/mol. The first-order chi connectivity index (χ1) is 15.2. The quantitative estimate of drug-likeness (QED) is 0.334. The van der Waals surface area contributed by atoms with Gasteiger partial charge in [0.1, 0.15) is 10.6 Å². The Labute approximate surface area is 187 Å². The van der Waals surface area contributed by atoms with Crippen molar-refractivity contribution in [2.45, 2.75) is 58.9 Å². The number of rotatable bonds is 7. The maximum absolute atomic E-state index is 13.5. The summed E-state index contributed by atoms with van der Waals surface area (Å²) in [6, 6.07) is 1.82. The first kappa shape index (κ1) is 24.9. The molecule has 3 heterocycles. The number of fused-ring (bicyclic) bond motifs is 1. The number of carbonyl (C=O) groups is 1. The molecule has 33 heavy (non-hydrogen) atoms. The molecule has 0 radical (unpaired) electrons. The summed E-state index contributed by atoms with van der Waals surface area (Å²) in [5.41, 5.74) is -2.62. The third-order valence-corrected chi connectivity index (χ3v) is 5.74. The van der Waals surface area contributed by atoms with E-state index in [1.165, 1.54) is 0 Å². The number of hydrogen-bond donors (Lipinski definition) is 0. The van der Waals surface area contributed by atoms with Gasteiger partial charge in [0.25, 0.3) is 5.56 Å². The second kappa shape index (κ2) is 8.92. The van der Waals surface area contributed by atoms with E-state index in [0.29, 0.717) is 4.40 Å². The minimum Gasteiger partial charge on any atom is -0.292 e. The molecule has 0 amide bonds. The van der Waals surface area contributed by atoms with Crippen LogP contribution in [0.15, 0.2) is 16.9 Å². The average Bonchev–Trinajstić information content (AvgIpc) is 3.23. The molecule has 6 nitrogen and oxygen atoms in total. The van der Waals surface area contributed by atoms with Crippen molar-refractivity contribution in [1.82, 2.24) is 19.2 Å². The standard InChI is InChI=1S/C20H20F6N4O2S/c1-4-5-13(31)16-17(20(24,25)26)33-18-27-11(7-15(32)30(16)18)9-29-12(6-10(2)3)8-14(28-29)19(21,22)23/h7-8,10H,4-6,9H2,1-3H3. The highest BCUT2D eigenvalue weighted by Crippen LogP contribution is 2.38. The van der Waals surface area contributed by atoms with Crippen LogP contribution in [0, 0.1) is 5.92 Å². The number of aromatic nitrogens is 4. The lowest BCUT2D eigenvalue weighted by atomic mass is 10.1. The van der Waals surface area contributed by atoms with Crippen LogP contribution in [-0.4, -0.2) is 24.9 Å². The van der Waals surface area contributed by atoms with Crippen LogP contribution in [0.4, 0.5) is 26.3 Å². The largest absolute Gasteiger partial charge is 0.435 e. The summed E-state index contributed by atoms with van der Waals surface area (Å²) in [6.45, 7) is 4.88. The summed E-state index contributed by atoms with van der Waals surface area (Å²) < 4.78 is 81.7. The van der Waals surface area contributed by atoms with Crippen molar-refractivity contribution in [3.8, 4) is 0 Å². The third-order valence-electron chi connectivity index (χ3n) is 4.65. The summed E-state index contributed by atoms with van der Waals surface area (Å²) in [4.78, 5) is 27.5. The highest BCUT2D eigenvalue weighted by molar-refractivity contribution is 7.17. The van der Waals surface area contributed by atoms with Gasteiger partial charge in [0.15, 0.2) is 16.4 Å². The van der Waals surface area contributed by atoms with E-state index in [2.05, 4.69) is 10.1 Å². The SMILES string of the molecule is CCCC(=O)c1c(C(F)(F)F)sc2nc(Cn3nc(C(F)(F)F)cc3CC(C)C)cc(=O)n12. The zero-order chi connectivity index (χ0) is 24.7. The van der Waals surface area contributed by atoms with Gasteiger partial charge in [-0.3, -0.25) is 14.3 Å². The van der Waals surface area contributed by atoms with E-state index in [9.17, 15) is 35.9 Å². The zero-order valence-corrected chi connectivity index (χ0v) is 18.7. The van der Waals surface area contributed by atoms with Crippen molar-refractivity contribution in [3.63, 3.8) is 0 Å². The highest BCUT2D eigenvalue weighted by Gasteiger charge is 2.40. The van der Waals surface area contributed by atoms with E-state index in [0.717, 1.165) is 16.8 Å². The van der Waals surface area contributed by atoms with Gasteiger partial charge < -0.3 is 0 Å². The van der Waals surface area contributed by atoms with Crippen molar-refractivity contribution in [2.75, 3.05) is 0 Å². The molecule has 0 unspecified atom stereocenters. The fourth-order valence-corrected chi connectivity index (χ4v) is 4.39. The Hall–Kier alpha value is -2.70. The molecule has 0 N–H and O–H groups in total. The molecule has 0 atom stereocenters. The topological polar surface area (TPSA) is 69.3 Å². The maximum Gasteiger partial charge on any atom is 0.435 e. The summed E-state index contributed by atoms with van der Waals surface area (Å²) in [6.07, 6.45) is -9.20. The molecule has 0 spiro atoms. The van der Waals surface area contributed by atoms with Crippen LogP contribution >= 0.6 is 11.3 Å². The normalized spacial score (nSPS) is 12.8. The Kier molecular flexibility index (Phi) is 6.74. The fourth-order valence-electron chi connectivity index (χ4n) is 3.36. The molecule has 0 saturated carbocycles. The molecule has 0 saturated heterocycles. The summed E-state index contributed by atoms with van der Waals surface area (Å²) in [7, 11) is 0. The first-order valence-electron chi connectivity index (χ1n) is 10.0. The Bertz CT molecular complexity index is 1240. The van der Waals surface area contributed by atoms with Crippen LogP contribution in [0.5, 0.6) is 0 Å². The summed E-state index contributed by atoms with van der Waals surface area (Å²) in [5, 5.41) is 3.57. The molecule has 3 rings (SSSR count). The second-order valence-electron chi connectivity index (χ2n) is 7.93. The number of thiazole rings is 1. The number of ketones is 1. The van der Waals surface area contributed by atoms with Gasteiger partial charge in [-0.1, -0.05) is 32.1 Å². The van der Waals surface area contributed by atoms with Crippen molar-refractivity contribution >= 4 is 22.1 Å². The molecular weight excluding hydrogens is 474 g/mol. The van der Waals surface area contributed by atoms with Gasteiger partial charge in [-0.25, -0.2) is 9.38 Å². The number of hydrogen-bond acceptors (Lipinski definition) is 5. The molecule has 0 bridgehead atoms. The van der Waals surface area contributed by atoms with E-state index in [4.69, 9.17) is 0 Å². The van der Waals surface area contributed by atoms with Crippen molar-refractivity contribution in [3.05, 3.63) is 50.1 Å². The predicted molar refractivity (Wildman–Crippen MR) is 108 cm³/mol. The summed E-state index contributed by atoms with van der Waals surface area (Å²) in [5.74, 6) is -0.838. The van der Waals surface area contributed by atoms with Gasteiger partial charge in [0, 0.05) is 18.2 Å². The molecule has 0 aliphatic heterocycles. The zero-order valence-electron chi connectivity index (χ0n) is 17.8. The van der Waals surface area contributed by atoms with Crippen molar-refractivity contribution in [1.29, 1.82) is 0 Å². The summed E-state index contributed by atoms with van der Waals surface area (Å²) >= 11 is 0.145. The van der Waals surface area contributed by atoms with E-state index >= 15 is 0 Å². The van der Waals surface area contributed by atoms with E-state index in [1.54, 1.807) is 20.8 Å². The van der Waals surface area contributed by atoms with Gasteiger partial charge in [-0.2, -0.15) is 31.4 Å². The van der Waals surface area contributed by atoms with E-state index in [-0.39, 0.29) is 59.4 Å². The van der Waals surface area contributed by atoms with Gasteiger partial charge >= 0.3 is 12.4 Å². The van der Waals surface area contributed by atoms with Crippen molar-refractivity contribution < 1.29 is 31.1 Å². The van der Waals surface area contributed by atoms with Gasteiger partial charge in [-0.05, 0) is 24.8 Å². The maximum atomic E-state index is 13.5. The van der Waals surface area contributed by atoms with Crippen LogP contribution in [0.3, 0.4) is 0 Å². The van der Waals surface area contributed by atoms with Crippen LogP contribution in [0.1, 0.15) is 66.1 Å². The highest BCUT2D eigenvalue weighted by atomic mass is 32.1. The van der Waals surface area contributed by atoms with Crippen LogP contribution in [0.2, 0.25) is 0 Å². The molecule has 3 aromatic rings. The molecule has 0 aromatic carbocycles. The Morgan fingerprint density at radius 3 is 2.33 bits per heavy atom. The lowest BCUT2D eigenvalue weighted by molar-refractivity contribution is -0.141. The molecule has 0 aliphatic rings. The van der Waals surface area contributed by atoms with Gasteiger partial charge in [-0.15, -0.1) is 0 Å². The molecule has 0 aliphatic carbocycles. The van der Waals surface area contributed by atoms with Gasteiger partial charge in [0.05, 0.1) is 12.2 Å². The average molecular weight is 494 g/mol. The first-order valence-corrected chi connectivity index (χ1v) is 10.8.